The molecule has 0 fully saturated rings. The number of aryl methyl sites for hydroxylation is 2. The molecule has 0 saturated heterocycles. The van der Waals surface area contributed by atoms with E-state index in [0.717, 1.165) is 0 Å². The van der Waals surface area contributed by atoms with E-state index in [1.165, 1.54) is 43.8 Å². The predicted molar refractivity (Wildman–Crippen MR) is 96.4 cm³/mol. The number of hydrogen-bond donors (Lipinski definition) is 0. The molecule has 0 unspecified atom stereocenters. The Labute approximate surface area is 131 Å². The summed E-state index contributed by atoms with van der Waals surface area (Å²) in [6.07, 6.45) is 0. The summed E-state index contributed by atoms with van der Waals surface area (Å²) in [5, 5.41) is 5.24. The molecule has 0 aliphatic rings. The van der Waals surface area contributed by atoms with Crippen molar-refractivity contribution in [3.05, 3.63) is 83.9 Å². The van der Waals surface area contributed by atoms with Crippen LogP contribution in [0.4, 0.5) is 0 Å². The van der Waals surface area contributed by atoms with Crippen molar-refractivity contribution in [2.75, 3.05) is 0 Å². The van der Waals surface area contributed by atoms with Crippen molar-refractivity contribution < 1.29 is 0 Å². The molecule has 4 rings (SSSR count). The molecule has 4 aromatic rings. The van der Waals surface area contributed by atoms with Gasteiger partial charge in [-0.1, -0.05) is 66.7 Å². The zero-order chi connectivity index (χ0) is 15.1. The fourth-order valence-electron chi connectivity index (χ4n) is 3.36. The monoisotopic (exact) mass is 282 g/mol. The van der Waals surface area contributed by atoms with Gasteiger partial charge in [-0.2, -0.15) is 0 Å². The molecule has 0 aliphatic carbocycles. The lowest BCUT2D eigenvalue weighted by atomic mass is 9.90. The lowest BCUT2D eigenvalue weighted by Crippen LogP contribution is -1.90. The van der Waals surface area contributed by atoms with Crippen molar-refractivity contribution in [1.82, 2.24) is 0 Å². The average Bonchev–Trinajstić information content (AvgIpc) is 2.54. The minimum atomic E-state index is 1.30. The van der Waals surface area contributed by atoms with Crippen molar-refractivity contribution in [2.24, 2.45) is 0 Å². The van der Waals surface area contributed by atoms with Crippen molar-refractivity contribution in [1.29, 1.82) is 0 Å². The summed E-state index contributed by atoms with van der Waals surface area (Å²) in [5.74, 6) is 0. The third kappa shape index (κ3) is 2.00. The molecule has 0 atom stereocenters. The Bertz CT molecular complexity index is 993. The fraction of sp³-hybridized carbons (Fsp3) is 0.0909. The first kappa shape index (κ1) is 13.1. The first-order valence-corrected chi connectivity index (χ1v) is 7.72. The second kappa shape index (κ2) is 4.99. The molecule has 0 bridgehead atoms. The molecule has 22 heavy (non-hydrogen) atoms. The van der Waals surface area contributed by atoms with Crippen molar-refractivity contribution in [3.8, 4) is 11.1 Å². The summed E-state index contributed by atoms with van der Waals surface area (Å²) in [7, 11) is 0. The molecular formula is C22H18. The normalized spacial score (nSPS) is 11.2. The van der Waals surface area contributed by atoms with Crippen molar-refractivity contribution >= 4 is 21.5 Å². The van der Waals surface area contributed by atoms with Gasteiger partial charge in [-0.25, -0.2) is 0 Å². The highest BCUT2D eigenvalue weighted by Gasteiger charge is 2.10. The maximum Gasteiger partial charge on any atom is -0.00732 e. The largest absolute Gasteiger partial charge is 0.0616 e. The summed E-state index contributed by atoms with van der Waals surface area (Å²) in [5.41, 5.74) is 5.37. The van der Waals surface area contributed by atoms with Gasteiger partial charge < -0.3 is 0 Å². The number of rotatable bonds is 1. The van der Waals surface area contributed by atoms with Gasteiger partial charge in [0.2, 0.25) is 0 Å². The molecular weight excluding hydrogens is 264 g/mol. The van der Waals surface area contributed by atoms with E-state index in [2.05, 4.69) is 86.6 Å². The van der Waals surface area contributed by atoms with Gasteiger partial charge >= 0.3 is 0 Å². The predicted octanol–water partition coefficient (Wildman–Crippen LogP) is 6.28. The SMILES string of the molecule is Cc1cc2ccccc2cc1-c1c(C)ccc2ccccc12. The van der Waals surface area contributed by atoms with E-state index in [0.29, 0.717) is 0 Å². The molecule has 0 N–H and O–H groups in total. The summed E-state index contributed by atoms with van der Waals surface area (Å²) in [4.78, 5) is 0. The van der Waals surface area contributed by atoms with Crippen LogP contribution in [0.3, 0.4) is 0 Å². The molecule has 4 aromatic carbocycles. The number of hydrogen-bond acceptors (Lipinski definition) is 0. The first-order chi connectivity index (χ1) is 10.7. The van der Waals surface area contributed by atoms with E-state index in [4.69, 9.17) is 0 Å². The highest BCUT2D eigenvalue weighted by atomic mass is 14.1. The minimum Gasteiger partial charge on any atom is -0.0616 e. The number of fused-ring (bicyclic) bond motifs is 2. The standard InChI is InChI=1S/C22H18/c1-15-11-12-17-7-5-6-10-20(17)22(15)21-14-19-9-4-3-8-18(19)13-16(21)2/h3-14H,1-2H3. The van der Waals surface area contributed by atoms with E-state index < -0.39 is 0 Å². The van der Waals surface area contributed by atoms with Gasteiger partial charge in [-0.05, 0) is 63.7 Å². The molecule has 0 saturated carbocycles. The Kier molecular flexibility index (Phi) is 2.97. The maximum absolute atomic E-state index is 2.33. The van der Waals surface area contributed by atoms with Gasteiger partial charge in [-0.3, -0.25) is 0 Å². The molecule has 0 heterocycles. The summed E-state index contributed by atoms with van der Waals surface area (Å²) in [6.45, 7) is 4.42. The highest BCUT2D eigenvalue weighted by Crippen LogP contribution is 2.35. The Hall–Kier alpha value is -2.60. The second-order valence-electron chi connectivity index (χ2n) is 5.99. The van der Waals surface area contributed by atoms with Gasteiger partial charge in [0.15, 0.2) is 0 Å². The van der Waals surface area contributed by atoms with E-state index in [9.17, 15) is 0 Å². The fourth-order valence-corrected chi connectivity index (χ4v) is 3.36. The van der Waals surface area contributed by atoms with Crippen molar-refractivity contribution in [2.45, 2.75) is 13.8 Å². The van der Waals surface area contributed by atoms with Gasteiger partial charge in [0.25, 0.3) is 0 Å². The van der Waals surface area contributed by atoms with Crippen LogP contribution in [0.2, 0.25) is 0 Å². The van der Waals surface area contributed by atoms with Crippen LogP contribution in [-0.4, -0.2) is 0 Å². The molecule has 0 aliphatic heterocycles. The zero-order valence-electron chi connectivity index (χ0n) is 12.9. The summed E-state index contributed by atoms with van der Waals surface area (Å²) < 4.78 is 0. The van der Waals surface area contributed by atoms with E-state index in [1.54, 1.807) is 0 Å². The van der Waals surface area contributed by atoms with Gasteiger partial charge in [0.1, 0.15) is 0 Å². The van der Waals surface area contributed by atoms with Crippen LogP contribution in [0.25, 0.3) is 32.7 Å². The average molecular weight is 282 g/mol. The minimum absolute atomic E-state index is 1.30. The maximum atomic E-state index is 2.33. The summed E-state index contributed by atoms with van der Waals surface area (Å²) in [6, 6.07) is 26.3. The third-order valence-corrected chi connectivity index (χ3v) is 4.50. The van der Waals surface area contributed by atoms with Crippen LogP contribution >= 0.6 is 0 Å². The lowest BCUT2D eigenvalue weighted by Gasteiger charge is -2.14. The lowest BCUT2D eigenvalue weighted by molar-refractivity contribution is 1.44. The van der Waals surface area contributed by atoms with Crippen LogP contribution in [-0.2, 0) is 0 Å². The summed E-state index contributed by atoms with van der Waals surface area (Å²) >= 11 is 0. The van der Waals surface area contributed by atoms with Gasteiger partial charge in [-0.15, -0.1) is 0 Å². The van der Waals surface area contributed by atoms with Crippen molar-refractivity contribution in [3.63, 3.8) is 0 Å². The van der Waals surface area contributed by atoms with Crippen LogP contribution in [0.1, 0.15) is 11.1 Å². The van der Waals surface area contributed by atoms with Crippen LogP contribution < -0.4 is 0 Å². The van der Waals surface area contributed by atoms with Gasteiger partial charge in [0, 0.05) is 0 Å². The second-order valence-corrected chi connectivity index (χ2v) is 5.99. The topological polar surface area (TPSA) is 0 Å². The molecule has 0 heteroatoms. The third-order valence-electron chi connectivity index (χ3n) is 4.50. The Balaban J connectivity index is 2.11. The number of benzene rings is 4. The highest BCUT2D eigenvalue weighted by molar-refractivity contribution is 6.01. The van der Waals surface area contributed by atoms with E-state index >= 15 is 0 Å². The van der Waals surface area contributed by atoms with Crippen LogP contribution in [0.5, 0.6) is 0 Å². The van der Waals surface area contributed by atoms with E-state index in [1.807, 2.05) is 0 Å². The Morgan fingerprint density at radius 1 is 0.545 bits per heavy atom. The molecule has 0 amide bonds. The quantitative estimate of drug-likeness (QED) is 0.385. The Morgan fingerprint density at radius 2 is 1.18 bits per heavy atom. The Morgan fingerprint density at radius 3 is 1.95 bits per heavy atom. The molecule has 106 valence electrons. The molecule has 0 spiro atoms. The molecule has 0 aromatic heterocycles. The smallest absolute Gasteiger partial charge is 0.00732 e. The van der Waals surface area contributed by atoms with Crippen LogP contribution in [0.15, 0.2) is 72.8 Å². The zero-order valence-corrected chi connectivity index (χ0v) is 12.9. The van der Waals surface area contributed by atoms with Gasteiger partial charge in [0.05, 0.1) is 0 Å². The van der Waals surface area contributed by atoms with E-state index in [-0.39, 0.29) is 0 Å². The molecule has 0 radical (unpaired) electrons. The van der Waals surface area contributed by atoms with Crippen LogP contribution in [0, 0.1) is 13.8 Å². The molecule has 0 nitrogen and oxygen atoms in total. The first-order valence-electron chi connectivity index (χ1n) is 7.72.